The first kappa shape index (κ1) is 14.6. The van der Waals surface area contributed by atoms with Crippen LogP contribution >= 0.6 is 0 Å². The van der Waals surface area contributed by atoms with Crippen LogP contribution in [-0.2, 0) is 4.74 Å². The topological polar surface area (TPSA) is 74.7 Å². The van der Waals surface area contributed by atoms with E-state index >= 15 is 0 Å². The molecule has 0 atom stereocenters. The summed E-state index contributed by atoms with van der Waals surface area (Å²) in [4.78, 5) is 4.10. The zero-order chi connectivity index (χ0) is 15.4. The molecule has 1 fully saturated rings. The number of anilines is 1. The molecule has 1 aliphatic heterocycles. The summed E-state index contributed by atoms with van der Waals surface area (Å²) in [5, 5.41) is 4.29. The van der Waals surface area contributed by atoms with Crippen LogP contribution in [0.25, 0.3) is 0 Å². The number of nitrogen functional groups attached to an aromatic ring is 1. The molecule has 0 radical (unpaired) electrons. The van der Waals surface area contributed by atoms with E-state index in [9.17, 15) is 0 Å². The number of imidazole rings is 1. The molecule has 0 spiro atoms. The molecule has 1 saturated heterocycles. The quantitative estimate of drug-likeness (QED) is 0.879. The average molecular weight is 300 g/mol. The third kappa shape index (κ3) is 3.65. The highest BCUT2D eigenvalue weighted by molar-refractivity contribution is 5.79. The molecule has 2 aromatic rings. The van der Waals surface area contributed by atoms with Gasteiger partial charge in [-0.15, -0.1) is 0 Å². The largest absolute Gasteiger partial charge is 0.490 e. The molecule has 0 bridgehead atoms. The maximum absolute atomic E-state index is 5.94. The lowest BCUT2D eigenvalue weighted by Crippen LogP contribution is -2.25. The SMILES string of the molecule is Cc1cn(N=Cc2ccc(OC3CCOCC3)cc2)c(N)n1. The maximum atomic E-state index is 5.94. The highest BCUT2D eigenvalue weighted by Gasteiger charge is 2.14. The minimum absolute atomic E-state index is 0.252. The molecule has 1 aliphatic rings. The Hall–Kier alpha value is -2.34. The molecule has 3 rings (SSSR count). The van der Waals surface area contributed by atoms with Gasteiger partial charge in [0.05, 0.1) is 31.3 Å². The number of aromatic nitrogens is 2. The van der Waals surface area contributed by atoms with Gasteiger partial charge >= 0.3 is 0 Å². The van der Waals surface area contributed by atoms with Gasteiger partial charge in [0.15, 0.2) is 0 Å². The van der Waals surface area contributed by atoms with Gasteiger partial charge in [0.25, 0.3) is 0 Å². The molecule has 1 aromatic heterocycles. The lowest BCUT2D eigenvalue weighted by atomic mass is 10.1. The minimum Gasteiger partial charge on any atom is -0.490 e. The van der Waals surface area contributed by atoms with E-state index in [1.54, 1.807) is 17.1 Å². The molecule has 0 aliphatic carbocycles. The van der Waals surface area contributed by atoms with E-state index in [4.69, 9.17) is 15.2 Å². The van der Waals surface area contributed by atoms with Crippen molar-refractivity contribution in [3.05, 3.63) is 41.7 Å². The Morgan fingerprint density at radius 2 is 2.05 bits per heavy atom. The van der Waals surface area contributed by atoms with Crippen molar-refractivity contribution >= 4 is 12.2 Å². The van der Waals surface area contributed by atoms with Crippen LogP contribution in [0.4, 0.5) is 5.95 Å². The van der Waals surface area contributed by atoms with Crippen molar-refractivity contribution in [2.75, 3.05) is 18.9 Å². The number of nitrogens with zero attached hydrogens (tertiary/aromatic N) is 3. The van der Waals surface area contributed by atoms with Gasteiger partial charge in [-0.05, 0) is 36.8 Å². The van der Waals surface area contributed by atoms with E-state index in [1.165, 1.54) is 0 Å². The molecule has 6 nitrogen and oxygen atoms in total. The normalized spacial score (nSPS) is 16.2. The summed E-state index contributed by atoms with van der Waals surface area (Å²) < 4.78 is 12.8. The number of rotatable bonds is 4. The van der Waals surface area contributed by atoms with Crippen LogP contribution in [0, 0.1) is 6.92 Å². The first-order valence-corrected chi connectivity index (χ1v) is 7.41. The van der Waals surface area contributed by atoms with Gasteiger partial charge in [-0.2, -0.15) is 5.10 Å². The van der Waals surface area contributed by atoms with E-state index in [-0.39, 0.29) is 6.10 Å². The number of benzene rings is 1. The van der Waals surface area contributed by atoms with E-state index < -0.39 is 0 Å². The third-order valence-corrected chi connectivity index (χ3v) is 3.52. The standard InChI is InChI=1S/C16H20N4O2/c1-12-11-20(16(17)19-12)18-10-13-2-4-14(5-3-13)22-15-6-8-21-9-7-15/h2-5,10-11,15H,6-9H2,1H3,(H2,17,19). The second-order valence-electron chi connectivity index (χ2n) is 5.33. The van der Waals surface area contributed by atoms with Crippen LogP contribution in [0.3, 0.4) is 0 Å². The predicted molar refractivity (Wildman–Crippen MR) is 85.3 cm³/mol. The highest BCUT2D eigenvalue weighted by Crippen LogP contribution is 2.18. The van der Waals surface area contributed by atoms with Crippen molar-refractivity contribution in [2.45, 2.75) is 25.9 Å². The van der Waals surface area contributed by atoms with Gasteiger partial charge < -0.3 is 15.2 Å². The first-order valence-electron chi connectivity index (χ1n) is 7.41. The monoisotopic (exact) mass is 300 g/mol. The van der Waals surface area contributed by atoms with Gasteiger partial charge in [0, 0.05) is 12.8 Å². The molecular formula is C16H20N4O2. The smallest absolute Gasteiger partial charge is 0.221 e. The van der Waals surface area contributed by atoms with E-state index in [2.05, 4.69) is 10.1 Å². The van der Waals surface area contributed by atoms with Crippen LogP contribution in [-0.4, -0.2) is 35.2 Å². The van der Waals surface area contributed by atoms with Crippen molar-refractivity contribution in [2.24, 2.45) is 5.10 Å². The third-order valence-electron chi connectivity index (χ3n) is 3.52. The van der Waals surface area contributed by atoms with Crippen molar-refractivity contribution in [3.63, 3.8) is 0 Å². The molecule has 0 saturated carbocycles. The zero-order valence-corrected chi connectivity index (χ0v) is 12.6. The van der Waals surface area contributed by atoms with Crippen LogP contribution in [0.1, 0.15) is 24.1 Å². The number of nitrogens with two attached hydrogens (primary N) is 1. The Morgan fingerprint density at radius 3 is 2.68 bits per heavy atom. The molecule has 116 valence electrons. The summed E-state index contributed by atoms with van der Waals surface area (Å²) in [6, 6.07) is 7.86. The lowest BCUT2D eigenvalue weighted by molar-refractivity contribution is 0.0256. The minimum atomic E-state index is 0.252. The van der Waals surface area contributed by atoms with Gasteiger partial charge in [0.2, 0.25) is 5.95 Å². The predicted octanol–water partition coefficient (Wildman–Crippen LogP) is 2.21. The molecule has 6 heteroatoms. The molecule has 22 heavy (non-hydrogen) atoms. The second-order valence-corrected chi connectivity index (χ2v) is 5.33. The molecule has 1 aromatic carbocycles. The fraction of sp³-hybridized carbons (Fsp3) is 0.375. The Morgan fingerprint density at radius 1 is 1.32 bits per heavy atom. The van der Waals surface area contributed by atoms with Crippen molar-refractivity contribution in [1.29, 1.82) is 0 Å². The lowest BCUT2D eigenvalue weighted by Gasteiger charge is -2.23. The van der Waals surface area contributed by atoms with Crippen molar-refractivity contribution in [1.82, 2.24) is 9.66 Å². The number of hydrogen-bond donors (Lipinski definition) is 1. The summed E-state index contributed by atoms with van der Waals surface area (Å²) in [7, 11) is 0. The van der Waals surface area contributed by atoms with Crippen LogP contribution in [0.15, 0.2) is 35.6 Å². The average Bonchev–Trinajstić information content (AvgIpc) is 2.85. The van der Waals surface area contributed by atoms with Crippen LogP contribution in [0.2, 0.25) is 0 Å². The molecule has 0 unspecified atom stereocenters. The van der Waals surface area contributed by atoms with Gasteiger partial charge in [-0.3, -0.25) is 0 Å². The van der Waals surface area contributed by atoms with Crippen LogP contribution in [0.5, 0.6) is 5.75 Å². The van der Waals surface area contributed by atoms with Crippen molar-refractivity contribution in [3.8, 4) is 5.75 Å². The second kappa shape index (κ2) is 6.62. The van der Waals surface area contributed by atoms with Crippen LogP contribution < -0.4 is 10.5 Å². The Labute approximate surface area is 129 Å². The van der Waals surface area contributed by atoms with Gasteiger partial charge in [-0.1, -0.05) is 0 Å². The maximum Gasteiger partial charge on any atom is 0.221 e. The highest BCUT2D eigenvalue weighted by atomic mass is 16.5. The molecule has 2 N–H and O–H groups in total. The summed E-state index contributed by atoms with van der Waals surface area (Å²) in [5.41, 5.74) is 7.56. The summed E-state index contributed by atoms with van der Waals surface area (Å²) in [6.45, 7) is 3.44. The Kier molecular flexibility index (Phi) is 4.39. The fourth-order valence-corrected chi connectivity index (χ4v) is 2.34. The number of aryl methyl sites for hydroxylation is 1. The Balaban J connectivity index is 1.62. The van der Waals surface area contributed by atoms with Gasteiger partial charge in [0.1, 0.15) is 11.9 Å². The van der Waals surface area contributed by atoms with Gasteiger partial charge in [-0.25, -0.2) is 9.66 Å². The summed E-state index contributed by atoms with van der Waals surface area (Å²) in [6.07, 6.45) is 5.68. The summed E-state index contributed by atoms with van der Waals surface area (Å²) >= 11 is 0. The molecule has 2 heterocycles. The Bertz CT molecular complexity index is 643. The number of hydrogen-bond acceptors (Lipinski definition) is 5. The first-order chi connectivity index (χ1) is 10.7. The fourth-order valence-electron chi connectivity index (χ4n) is 2.34. The van der Waals surface area contributed by atoms with E-state index in [0.29, 0.717) is 5.95 Å². The molecular weight excluding hydrogens is 280 g/mol. The van der Waals surface area contributed by atoms with E-state index in [0.717, 1.165) is 43.1 Å². The number of ether oxygens (including phenoxy) is 2. The van der Waals surface area contributed by atoms with Crippen molar-refractivity contribution < 1.29 is 9.47 Å². The van der Waals surface area contributed by atoms with E-state index in [1.807, 2.05) is 31.2 Å². The zero-order valence-electron chi connectivity index (χ0n) is 12.6. The molecule has 0 amide bonds. The summed E-state index contributed by atoms with van der Waals surface area (Å²) in [5.74, 6) is 1.26.